The van der Waals surface area contributed by atoms with E-state index < -0.39 is 0 Å². The molecule has 1 heteroatoms. The summed E-state index contributed by atoms with van der Waals surface area (Å²) in [6, 6.07) is 6.39. The Morgan fingerprint density at radius 3 is 2.82 bits per heavy atom. The molecule has 0 N–H and O–H groups in total. The van der Waals surface area contributed by atoms with Gasteiger partial charge in [-0.25, -0.2) is 0 Å². The van der Waals surface area contributed by atoms with Gasteiger partial charge < -0.3 is 0 Å². The van der Waals surface area contributed by atoms with Crippen LogP contribution in [0.25, 0.3) is 0 Å². The first-order chi connectivity index (χ1) is 8.13. The number of hydrogen-bond acceptors (Lipinski definition) is 1. The first-order valence-electron chi connectivity index (χ1n) is 6.41. The van der Waals surface area contributed by atoms with Crippen LogP contribution in [0.15, 0.2) is 30.4 Å². The summed E-state index contributed by atoms with van der Waals surface area (Å²) in [4.78, 5) is 12.2. The molecule has 1 aliphatic rings. The Hall–Kier alpha value is -1.37. The first-order valence-corrected chi connectivity index (χ1v) is 6.41. The van der Waals surface area contributed by atoms with Gasteiger partial charge in [0.05, 0.1) is 0 Å². The van der Waals surface area contributed by atoms with Crippen molar-refractivity contribution in [3.05, 3.63) is 47.0 Å². The molecule has 1 aromatic rings. The zero-order valence-electron chi connectivity index (χ0n) is 10.9. The molecule has 90 valence electrons. The maximum atomic E-state index is 12.2. The molecule has 0 heterocycles. The fourth-order valence-electron chi connectivity index (χ4n) is 2.43. The summed E-state index contributed by atoms with van der Waals surface area (Å²) in [5.74, 6) is 0.992. The molecule has 0 spiro atoms. The summed E-state index contributed by atoms with van der Waals surface area (Å²) >= 11 is 0. The van der Waals surface area contributed by atoms with Crippen molar-refractivity contribution < 1.29 is 4.79 Å². The predicted octanol–water partition coefficient (Wildman–Crippen LogP) is 4.13. The van der Waals surface area contributed by atoms with Gasteiger partial charge in [0, 0.05) is 11.5 Å². The van der Waals surface area contributed by atoms with E-state index in [9.17, 15) is 4.79 Å². The third kappa shape index (κ3) is 2.33. The van der Waals surface area contributed by atoms with Gasteiger partial charge in [0.15, 0.2) is 5.78 Å². The number of carbonyl (C=O) groups is 1. The van der Waals surface area contributed by atoms with Gasteiger partial charge in [0.2, 0.25) is 0 Å². The molecule has 17 heavy (non-hydrogen) atoms. The minimum absolute atomic E-state index is 0.170. The Kier molecular flexibility index (Phi) is 3.46. The fourth-order valence-corrected chi connectivity index (χ4v) is 2.43. The van der Waals surface area contributed by atoms with Crippen LogP contribution in [-0.2, 0) is 6.42 Å². The highest BCUT2D eigenvalue weighted by Crippen LogP contribution is 2.31. The number of fused-ring (bicyclic) bond motifs is 1. The lowest BCUT2D eigenvalue weighted by Crippen LogP contribution is -2.07. The molecule has 1 aromatic carbocycles. The van der Waals surface area contributed by atoms with Crippen LogP contribution in [0.3, 0.4) is 0 Å². The number of ketones is 1. The van der Waals surface area contributed by atoms with Crippen LogP contribution < -0.4 is 0 Å². The van der Waals surface area contributed by atoms with E-state index in [2.05, 4.69) is 38.1 Å². The van der Waals surface area contributed by atoms with E-state index in [0.717, 1.165) is 18.4 Å². The average molecular weight is 228 g/mol. The Labute approximate surface area is 104 Å². The number of hydrogen-bond donors (Lipinski definition) is 0. The van der Waals surface area contributed by atoms with Crippen LogP contribution >= 0.6 is 0 Å². The normalized spacial score (nSPS) is 19.3. The SMILES string of the molecule is C/C=C/CC1Cc2ccc(C(C)C)cc2C1=O. The third-order valence-electron chi connectivity index (χ3n) is 3.56. The van der Waals surface area contributed by atoms with E-state index in [-0.39, 0.29) is 5.92 Å². The van der Waals surface area contributed by atoms with Gasteiger partial charge in [-0.15, -0.1) is 0 Å². The molecule has 0 amide bonds. The Balaban J connectivity index is 2.26. The van der Waals surface area contributed by atoms with E-state index >= 15 is 0 Å². The van der Waals surface area contributed by atoms with Crippen LogP contribution in [0.4, 0.5) is 0 Å². The standard InChI is InChI=1S/C16H20O/c1-4-5-6-14-9-13-8-7-12(11(2)3)10-15(13)16(14)17/h4-5,7-8,10-11,14H,6,9H2,1-3H3/b5-4+. The summed E-state index contributed by atoms with van der Waals surface area (Å²) in [6.07, 6.45) is 5.91. The number of Topliss-reactive ketones (excluding diaryl/α,β-unsaturated/α-hetero) is 1. The lowest BCUT2D eigenvalue weighted by atomic mass is 9.98. The number of benzene rings is 1. The van der Waals surface area contributed by atoms with Crippen molar-refractivity contribution in [2.24, 2.45) is 5.92 Å². The summed E-state index contributed by atoms with van der Waals surface area (Å²) in [7, 11) is 0. The Morgan fingerprint density at radius 1 is 1.41 bits per heavy atom. The Bertz CT molecular complexity index is 455. The van der Waals surface area contributed by atoms with Crippen LogP contribution in [0, 0.1) is 5.92 Å². The van der Waals surface area contributed by atoms with E-state index in [4.69, 9.17) is 0 Å². The first kappa shape index (κ1) is 12.1. The van der Waals surface area contributed by atoms with Gasteiger partial charge in [-0.3, -0.25) is 4.79 Å². The summed E-state index contributed by atoms with van der Waals surface area (Å²) in [5.41, 5.74) is 3.46. The summed E-state index contributed by atoms with van der Waals surface area (Å²) < 4.78 is 0. The maximum absolute atomic E-state index is 12.2. The van der Waals surface area contributed by atoms with E-state index in [1.807, 2.05) is 13.0 Å². The van der Waals surface area contributed by atoms with E-state index in [1.54, 1.807) is 0 Å². The molecule has 0 aromatic heterocycles. The molecule has 0 radical (unpaired) electrons. The van der Waals surface area contributed by atoms with Crippen molar-refractivity contribution in [1.82, 2.24) is 0 Å². The second-order valence-electron chi connectivity index (χ2n) is 5.14. The molecular weight excluding hydrogens is 208 g/mol. The van der Waals surface area contributed by atoms with Gasteiger partial charge in [0.1, 0.15) is 0 Å². The highest BCUT2D eigenvalue weighted by Gasteiger charge is 2.29. The molecular formula is C16H20O. The number of carbonyl (C=O) groups excluding carboxylic acids is 1. The monoisotopic (exact) mass is 228 g/mol. The number of allylic oxidation sites excluding steroid dienone is 2. The second kappa shape index (κ2) is 4.87. The fraction of sp³-hybridized carbons (Fsp3) is 0.438. The molecule has 0 bridgehead atoms. The predicted molar refractivity (Wildman–Crippen MR) is 71.5 cm³/mol. The molecule has 1 nitrogen and oxygen atoms in total. The van der Waals surface area contributed by atoms with Gasteiger partial charge in [-0.1, -0.05) is 38.1 Å². The van der Waals surface area contributed by atoms with Crippen LogP contribution in [0.1, 0.15) is 54.6 Å². The molecule has 0 aliphatic heterocycles. The molecule has 1 aliphatic carbocycles. The number of rotatable bonds is 3. The Morgan fingerprint density at radius 2 is 2.18 bits per heavy atom. The molecule has 0 fully saturated rings. The van der Waals surface area contributed by atoms with Crippen molar-refractivity contribution in [2.75, 3.05) is 0 Å². The third-order valence-corrected chi connectivity index (χ3v) is 3.56. The van der Waals surface area contributed by atoms with Gasteiger partial charge in [-0.05, 0) is 42.9 Å². The van der Waals surface area contributed by atoms with Crippen LogP contribution in [-0.4, -0.2) is 5.78 Å². The van der Waals surface area contributed by atoms with Gasteiger partial charge in [0.25, 0.3) is 0 Å². The van der Waals surface area contributed by atoms with Crippen molar-refractivity contribution in [2.45, 2.75) is 39.5 Å². The zero-order valence-corrected chi connectivity index (χ0v) is 10.9. The lowest BCUT2D eigenvalue weighted by molar-refractivity contribution is 0.0938. The largest absolute Gasteiger partial charge is 0.294 e. The summed E-state index contributed by atoms with van der Waals surface area (Å²) in [5, 5.41) is 0. The molecule has 1 unspecified atom stereocenters. The molecule has 2 rings (SSSR count). The van der Waals surface area contributed by atoms with E-state index in [1.165, 1.54) is 11.1 Å². The van der Waals surface area contributed by atoms with Crippen LogP contribution in [0.5, 0.6) is 0 Å². The minimum Gasteiger partial charge on any atom is -0.294 e. The smallest absolute Gasteiger partial charge is 0.166 e. The minimum atomic E-state index is 0.170. The highest BCUT2D eigenvalue weighted by atomic mass is 16.1. The van der Waals surface area contributed by atoms with Gasteiger partial charge >= 0.3 is 0 Å². The second-order valence-corrected chi connectivity index (χ2v) is 5.14. The van der Waals surface area contributed by atoms with Crippen molar-refractivity contribution >= 4 is 5.78 Å². The average Bonchev–Trinajstić information content (AvgIpc) is 2.63. The molecule has 0 saturated carbocycles. The van der Waals surface area contributed by atoms with Gasteiger partial charge in [-0.2, -0.15) is 0 Å². The molecule has 0 saturated heterocycles. The molecule has 1 atom stereocenters. The zero-order chi connectivity index (χ0) is 12.4. The van der Waals surface area contributed by atoms with E-state index in [0.29, 0.717) is 11.7 Å². The lowest BCUT2D eigenvalue weighted by Gasteiger charge is -2.06. The quantitative estimate of drug-likeness (QED) is 0.711. The summed E-state index contributed by atoms with van der Waals surface area (Å²) in [6.45, 7) is 6.33. The topological polar surface area (TPSA) is 17.1 Å². The van der Waals surface area contributed by atoms with Crippen molar-refractivity contribution in [1.29, 1.82) is 0 Å². The maximum Gasteiger partial charge on any atom is 0.166 e. The van der Waals surface area contributed by atoms with Crippen LogP contribution in [0.2, 0.25) is 0 Å². The highest BCUT2D eigenvalue weighted by molar-refractivity contribution is 6.02. The van der Waals surface area contributed by atoms with Crippen molar-refractivity contribution in [3.8, 4) is 0 Å². The van der Waals surface area contributed by atoms with Crippen molar-refractivity contribution in [3.63, 3.8) is 0 Å².